The Kier molecular flexibility index (Phi) is 6.74. The smallest absolute Gasteiger partial charge is 0.339 e. The molecule has 0 heterocycles. The number of nitro groups is 1. The molecule has 0 radical (unpaired) electrons. The molecular weight excluding hydrogens is 356 g/mol. The van der Waals surface area contributed by atoms with Gasteiger partial charge in [0.1, 0.15) is 0 Å². The third-order valence-electron chi connectivity index (χ3n) is 3.45. The van der Waals surface area contributed by atoms with Crippen molar-refractivity contribution in [1.29, 1.82) is 0 Å². The minimum atomic E-state index is -0.590. The summed E-state index contributed by atoms with van der Waals surface area (Å²) in [6.45, 7) is 3.21. The summed E-state index contributed by atoms with van der Waals surface area (Å²) in [6.07, 6.45) is 0. The van der Waals surface area contributed by atoms with E-state index in [2.05, 4.69) is 5.32 Å². The molecule has 0 aromatic heterocycles. The van der Waals surface area contributed by atoms with Crippen LogP contribution in [0.25, 0.3) is 0 Å². The van der Waals surface area contributed by atoms with Crippen LogP contribution in [0.1, 0.15) is 22.8 Å². The van der Waals surface area contributed by atoms with Gasteiger partial charge in [-0.3, -0.25) is 14.9 Å². The molecule has 0 bridgehead atoms. The van der Waals surface area contributed by atoms with Crippen LogP contribution < -0.4 is 5.32 Å². The van der Waals surface area contributed by atoms with Crippen LogP contribution >= 0.6 is 11.8 Å². The van der Waals surface area contributed by atoms with E-state index in [1.54, 1.807) is 19.1 Å². The van der Waals surface area contributed by atoms with Gasteiger partial charge in [-0.25, -0.2) is 4.79 Å². The molecule has 136 valence electrons. The number of carbonyl (C=O) groups is 2. The molecule has 8 heteroatoms. The lowest BCUT2D eigenvalue weighted by Gasteiger charge is -2.10. The lowest BCUT2D eigenvalue weighted by atomic mass is 10.2. The van der Waals surface area contributed by atoms with Gasteiger partial charge in [0.25, 0.3) is 11.6 Å². The number of hydrogen-bond acceptors (Lipinski definition) is 6. The number of nitrogens with zero attached hydrogens (tertiary/aromatic N) is 1. The molecule has 2 rings (SSSR count). The second kappa shape index (κ2) is 9.00. The zero-order valence-corrected chi connectivity index (χ0v) is 15.2. The van der Waals surface area contributed by atoms with Crippen LogP contribution in [0.15, 0.2) is 47.4 Å². The van der Waals surface area contributed by atoms with Crippen LogP contribution in [0.2, 0.25) is 0 Å². The maximum atomic E-state index is 12.2. The van der Waals surface area contributed by atoms with Crippen LogP contribution in [0, 0.1) is 17.0 Å². The average Bonchev–Trinajstić information content (AvgIpc) is 2.62. The van der Waals surface area contributed by atoms with Gasteiger partial charge in [0.15, 0.2) is 6.61 Å². The summed E-state index contributed by atoms with van der Waals surface area (Å²) < 4.78 is 5.07. The molecule has 0 unspecified atom stereocenters. The number of benzene rings is 2. The van der Waals surface area contributed by atoms with E-state index in [4.69, 9.17) is 4.74 Å². The van der Waals surface area contributed by atoms with Crippen LogP contribution in [0.5, 0.6) is 0 Å². The summed E-state index contributed by atoms with van der Waals surface area (Å²) in [6, 6.07) is 11.2. The van der Waals surface area contributed by atoms with E-state index in [1.807, 2.05) is 19.1 Å². The maximum absolute atomic E-state index is 12.2. The number of nitrogens with one attached hydrogen (secondary N) is 1. The number of esters is 1. The first-order valence-corrected chi connectivity index (χ1v) is 8.84. The number of hydrogen-bond donors (Lipinski definition) is 1. The Morgan fingerprint density at radius 2 is 1.96 bits per heavy atom. The van der Waals surface area contributed by atoms with Crippen molar-refractivity contribution >= 4 is 35.0 Å². The molecule has 0 aliphatic rings. The molecule has 0 spiro atoms. The quantitative estimate of drug-likeness (QED) is 0.342. The second-order valence-electron chi connectivity index (χ2n) is 5.31. The van der Waals surface area contributed by atoms with Gasteiger partial charge >= 0.3 is 5.97 Å². The molecule has 1 N–H and O–H groups in total. The summed E-state index contributed by atoms with van der Waals surface area (Å²) in [5.74, 6) is -0.355. The van der Waals surface area contributed by atoms with E-state index < -0.39 is 23.4 Å². The second-order valence-corrected chi connectivity index (χ2v) is 6.62. The summed E-state index contributed by atoms with van der Waals surface area (Å²) in [7, 11) is 0. The largest absolute Gasteiger partial charge is 0.452 e. The van der Waals surface area contributed by atoms with E-state index in [0.29, 0.717) is 16.8 Å². The fraction of sp³-hybridized carbons (Fsp3) is 0.222. The highest BCUT2D eigenvalue weighted by atomic mass is 32.2. The van der Waals surface area contributed by atoms with Crippen molar-refractivity contribution < 1.29 is 19.2 Å². The van der Waals surface area contributed by atoms with Gasteiger partial charge in [0, 0.05) is 17.0 Å². The fourth-order valence-corrected chi connectivity index (χ4v) is 2.96. The molecule has 0 aliphatic heterocycles. The number of rotatable bonds is 7. The Hall–Kier alpha value is -2.87. The minimum absolute atomic E-state index is 0.131. The predicted octanol–water partition coefficient (Wildman–Crippen LogP) is 3.81. The number of nitro benzene ring substituents is 1. The monoisotopic (exact) mass is 374 g/mol. The highest BCUT2D eigenvalue weighted by molar-refractivity contribution is 7.99. The van der Waals surface area contributed by atoms with E-state index in [1.165, 1.54) is 30.0 Å². The SMILES string of the molecule is CCSc1ccccc1C(=O)OCC(=O)Nc1cc([N+](=O)[O-])ccc1C. The van der Waals surface area contributed by atoms with Crippen molar-refractivity contribution in [1.82, 2.24) is 0 Å². The summed E-state index contributed by atoms with van der Waals surface area (Å²) in [5.41, 5.74) is 1.24. The van der Waals surface area contributed by atoms with Crippen molar-refractivity contribution in [2.45, 2.75) is 18.7 Å². The van der Waals surface area contributed by atoms with Gasteiger partial charge in [-0.1, -0.05) is 25.1 Å². The van der Waals surface area contributed by atoms with E-state index >= 15 is 0 Å². The first kappa shape index (κ1) is 19.5. The molecule has 2 aromatic carbocycles. The Bertz CT molecular complexity index is 838. The highest BCUT2D eigenvalue weighted by Crippen LogP contribution is 2.23. The fourth-order valence-electron chi connectivity index (χ4n) is 2.17. The van der Waals surface area contributed by atoms with Gasteiger partial charge < -0.3 is 10.1 Å². The Balaban J connectivity index is 2.00. The van der Waals surface area contributed by atoms with Crippen LogP contribution in [-0.4, -0.2) is 29.2 Å². The van der Waals surface area contributed by atoms with E-state index in [0.717, 1.165) is 10.6 Å². The lowest BCUT2D eigenvalue weighted by molar-refractivity contribution is -0.384. The molecule has 2 aromatic rings. The first-order valence-electron chi connectivity index (χ1n) is 7.86. The molecule has 0 fully saturated rings. The normalized spacial score (nSPS) is 10.2. The number of ether oxygens (including phenoxy) is 1. The van der Waals surface area contributed by atoms with Crippen LogP contribution in [0.3, 0.4) is 0 Å². The van der Waals surface area contributed by atoms with Gasteiger partial charge in [-0.05, 0) is 30.4 Å². The molecule has 0 saturated heterocycles. The van der Waals surface area contributed by atoms with Crippen molar-refractivity contribution in [3.8, 4) is 0 Å². The van der Waals surface area contributed by atoms with Gasteiger partial charge in [0.05, 0.1) is 16.2 Å². The summed E-state index contributed by atoms with van der Waals surface area (Å²) >= 11 is 1.51. The third kappa shape index (κ3) is 5.06. The zero-order valence-electron chi connectivity index (χ0n) is 14.4. The van der Waals surface area contributed by atoms with Crippen molar-refractivity contribution in [3.63, 3.8) is 0 Å². The summed E-state index contributed by atoms with van der Waals surface area (Å²) in [4.78, 5) is 35.3. The van der Waals surface area contributed by atoms with Gasteiger partial charge in [0.2, 0.25) is 0 Å². The molecule has 0 saturated carbocycles. The van der Waals surface area contributed by atoms with E-state index in [9.17, 15) is 19.7 Å². The Labute approximate surface area is 154 Å². The number of thioether (sulfide) groups is 1. The molecular formula is C18H18N2O5S. The Morgan fingerprint density at radius 1 is 1.23 bits per heavy atom. The van der Waals surface area contributed by atoms with E-state index in [-0.39, 0.29) is 5.69 Å². The predicted molar refractivity (Wildman–Crippen MR) is 99.6 cm³/mol. The number of anilines is 1. The number of amides is 1. The van der Waals surface area contributed by atoms with Crippen molar-refractivity contribution in [2.24, 2.45) is 0 Å². The van der Waals surface area contributed by atoms with Crippen molar-refractivity contribution in [3.05, 3.63) is 63.7 Å². The molecule has 1 amide bonds. The molecule has 0 aliphatic carbocycles. The van der Waals surface area contributed by atoms with Crippen LogP contribution in [0.4, 0.5) is 11.4 Å². The lowest BCUT2D eigenvalue weighted by Crippen LogP contribution is -2.21. The summed E-state index contributed by atoms with van der Waals surface area (Å²) in [5, 5.41) is 13.4. The molecule has 7 nitrogen and oxygen atoms in total. The standard InChI is InChI=1S/C18H18N2O5S/c1-3-26-16-7-5-4-6-14(16)18(22)25-11-17(21)19-15-10-13(20(23)24)9-8-12(15)2/h4-10H,3,11H2,1-2H3,(H,19,21). The topological polar surface area (TPSA) is 98.5 Å². The molecule has 0 atom stereocenters. The number of non-ortho nitro benzene ring substituents is 1. The first-order chi connectivity index (χ1) is 12.4. The van der Waals surface area contributed by atoms with Crippen molar-refractivity contribution in [2.75, 3.05) is 17.7 Å². The molecule has 26 heavy (non-hydrogen) atoms. The highest BCUT2D eigenvalue weighted by Gasteiger charge is 2.15. The maximum Gasteiger partial charge on any atom is 0.339 e. The number of carbonyl (C=O) groups excluding carboxylic acids is 2. The van der Waals surface area contributed by atoms with Gasteiger partial charge in [-0.15, -0.1) is 11.8 Å². The Morgan fingerprint density at radius 3 is 2.65 bits per heavy atom. The minimum Gasteiger partial charge on any atom is -0.452 e. The third-order valence-corrected chi connectivity index (χ3v) is 4.40. The average molecular weight is 374 g/mol. The van der Waals surface area contributed by atoms with Gasteiger partial charge in [-0.2, -0.15) is 0 Å². The van der Waals surface area contributed by atoms with Crippen LogP contribution in [-0.2, 0) is 9.53 Å². The zero-order chi connectivity index (χ0) is 19.1. The number of aryl methyl sites for hydroxylation is 1.